The van der Waals surface area contributed by atoms with Crippen LogP contribution in [0.3, 0.4) is 0 Å². The number of aryl methyl sites for hydroxylation is 1. The normalized spacial score (nSPS) is 18.4. The SMILES string of the molecule is Cc1nnc(N2CCSC(C)(C)C2)c(C(N)=S)c1C. The maximum Gasteiger partial charge on any atom is 0.161 e. The Bertz CT molecular complexity index is 514. The van der Waals surface area contributed by atoms with Crippen molar-refractivity contribution >= 4 is 34.8 Å². The number of thiocarbonyl (C=S) groups is 1. The minimum absolute atomic E-state index is 0.214. The Morgan fingerprint density at radius 2 is 2.05 bits per heavy atom. The smallest absolute Gasteiger partial charge is 0.161 e. The summed E-state index contributed by atoms with van der Waals surface area (Å²) in [4.78, 5) is 2.66. The summed E-state index contributed by atoms with van der Waals surface area (Å²) in [7, 11) is 0. The van der Waals surface area contributed by atoms with Crippen LogP contribution in [-0.2, 0) is 0 Å². The van der Waals surface area contributed by atoms with Crippen molar-refractivity contribution in [1.29, 1.82) is 0 Å². The Kier molecular flexibility index (Phi) is 4.01. The first-order chi connectivity index (χ1) is 8.82. The van der Waals surface area contributed by atoms with Crippen molar-refractivity contribution in [2.24, 2.45) is 5.73 Å². The van der Waals surface area contributed by atoms with E-state index in [1.165, 1.54) is 0 Å². The van der Waals surface area contributed by atoms with Crippen molar-refractivity contribution in [3.63, 3.8) is 0 Å². The molecule has 0 unspecified atom stereocenters. The van der Waals surface area contributed by atoms with Gasteiger partial charge in [0.25, 0.3) is 0 Å². The van der Waals surface area contributed by atoms with Gasteiger partial charge in [-0.05, 0) is 33.3 Å². The van der Waals surface area contributed by atoms with Gasteiger partial charge in [-0.3, -0.25) is 0 Å². The van der Waals surface area contributed by atoms with Crippen molar-refractivity contribution < 1.29 is 0 Å². The van der Waals surface area contributed by atoms with Crippen LogP contribution in [-0.4, -0.2) is 38.8 Å². The summed E-state index contributed by atoms with van der Waals surface area (Å²) < 4.78 is 0.214. The third-order valence-electron chi connectivity index (χ3n) is 3.41. The molecular weight excluding hydrogens is 276 g/mol. The van der Waals surface area contributed by atoms with E-state index in [9.17, 15) is 0 Å². The summed E-state index contributed by atoms with van der Waals surface area (Å²) in [5, 5.41) is 8.58. The van der Waals surface area contributed by atoms with Crippen molar-refractivity contribution in [3.05, 3.63) is 16.8 Å². The number of thioether (sulfide) groups is 1. The van der Waals surface area contributed by atoms with Crippen molar-refractivity contribution in [3.8, 4) is 0 Å². The molecule has 0 radical (unpaired) electrons. The summed E-state index contributed by atoms with van der Waals surface area (Å²) in [6, 6.07) is 0. The van der Waals surface area contributed by atoms with E-state index >= 15 is 0 Å². The number of aromatic nitrogens is 2. The van der Waals surface area contributed by atoms with Crippen LogP contribution in [0.25, 0.3) is 0 Å². The molecule has 4 nitrogen and oxygen atoms in total. The van der Waals surface area contributed by atoms with Gasteiger partial charge in [-0.25, -0.2) is 0 Å². The number of nitrogens with zero attached hydrogens (tertiary/aromatic N) is 3. The highest BCUT2D eigenvalue weighted by Crippen LogP contribution is 2.33. The molecule has 1 fully saturated rings. The third kappa shape index (κ3) is 3.00. The first-order valence-electron chi connectivity index (χ1n) is 6.34. The summed E-state index contributed by atoms with van der Waals surface area (Å²) in [6.07, 6.45) is 0. The summed E-state index contributed by atoms with van der Waals surface area (Å²) in [5.41, 5.74) is 8.69. The molecule has 2 N–H and O–H groups in total. The largest absolute Gasteiger partial charge is 0.389 e. The molecule has 0 amide bonds. The average Bonchev–Trinajstić information content (AvgIpc) is 2.30. The molecule has 19 heavy (non-hydrogen) atoms. The summed E-state index contributed by atoms with van der Waals surface area (Å²) >= 11 is 7.19. The number of hydrogen-bond acceptors (Lipinski definition) is 5. The Labute approximate surface area is 124 Å². The van der Waals surface area contributed by atoms with Gasteiger partial charge in [0.2, 0.25) is 0 Å². The summed E-state index contributed by atoms with van der Waals surface area (Å²) in [6.45, 7) is 10.3. The molecule has 2 rings (SSSR count). The van der Waals surface area contributed by atoms with Crippen LogP contribution in [0.5, 0.6) is 0 Å². The van der Waals surface area contributed by atoms with E-state index in [0.717, 1.165) is 41.5 Å². The molecule has 2 heterocycles. The van der Waals surface area contributed by atoms with Gasteiger partial charge in [-0.15, -0.1) is 5.10 Å². The third-order valence-corrected chi connectivity index (χ3v) is 4.91. The highest BCUT2D eigenvalue weighted by atomic mass is 32.2. The van der Waals surface area contributed by atoms with Crippen LogP contribution in [0.2, 0.25) is 0 Å². The Balaban J connectivity index is 2.45. The van der Waals surface area contributed by atoms with Crippen LogP contribution >= 0.6 is 24.0 Å². The van der Waals surface area contributed by atoms with Crippen LogP contribution in [0.4, 0.5) is 5.82 Å². The van der Waals surface area contributed by atoms with Gasteiger partial charge in [0.05, 0.1) is 11.3 Å². The van der Waals surface area contributed by atoms with E-state index in [1.807, 2.05) is 25.6 Å². The van der Waals surface area contributed by atoms with Crippen molar-refractivity contribution in [2.75, 3.05) is 23.7 Å². The zero-order valence-corrected chi connectivity index (χ0v) is 13.5. The lowest BCUT2D eigenvalue weighted by molar-refractivity contribution is 0.637. The molecular formula is C13H20N4S2. The molecule has 0 spiro atoms. The summed E-state index contributed by atoms with van der Waals surface area (Å²) in [5.74, 6) is 1.92. The predicted molar refractivity (Wildman–Crippen MR) is 86.1 cm³/mol. The van der Waals surface area contributed by atoms with Crippen LogP contribution in [0, 0.1) is 13.8 Å². The van der Waals surface area contributed by atoms with E-state index in [0.29, 0.717) is 4.99 Å². The lowest BCUT2D eigenvalue weighted by Crippen LogP contribution is -2.44. The first kappa shape index (κ1) is 14.5. The van der Waals surface area contributed by atoms with E-state index in [2.05, 4.69) is 28.9 Å². The molecule has 1 aliphatic rings. The molecule has 0 saturated carbocycles. The number of hydrogen-bond donors (Lipinski definition) is 1. The Morgan fingerprint density at radius 3 is 2.63 bits per heavy atom. The zero-order valence-electron chi connectivity index (χ0n) is 11.9. The molecule has 1 saturated heterocycles. The second kappa shape index (κ2) is 5.25. The van der Waals surface area contributed by atoms with E-state index in [1.54, 1.807) is 0 Å². The highest BCUT2D eigenvalue weighted by Gasteiger charge is 2.30. The predicted octanol–water partition coefficient (Wildman–Crippen LogP) is 2.06. The van der Waals surface area contributed by atoms with Gasteiger partial charge in [0, 0.05) is 23.6 Å². The second-order valence-electron chi connectivity index (χ2n) is 5.50. The molecule has 1 aliphatic heterocycles. The topological polar surface area (TPSA) is 55.0 Å². The van der Waals surface area contributed by atoms with Crippen LogP contribution < -0.4 is 10.6 Å². The first-order valence-corrected chi connectivity index (χ1v) is 7.74. The average molecular weight is 296 g/mol. The van der Waals surface area contributed by atoms with Crippen LogP contribution in [0.1, 0.15) is 30.7 Å². The lowest BCUT2D eigenvalue weighted by atomic mass is 10.1. The molecule has 0 aromatic carbocycles. The van der Waals surface area contributed by atoms with Gasteiger partial charge in [0.1, 0.15) is 4.99 Å². The fraction of sp³-hybridized carbons (Fsp3) is 0.615. The Hall–Kier alpha value is -0.880. The molecule has 0 bridgehead atoms. The molecule has 104 valence electrons. The lowest BCUT2D eigenvalue weighted by Gasteiger charge is -2.38. The van der Waals surface area contributed by atoms with Gasteiger partial charge >= 0.3 is 0 Å². The van der Waals surface area contributed by atoms with Gasteiger partial charge < -0.3 is 10.6 Å². The number of rotatable bonds is 2. The minimum Gasteiger partial charge on any atom is -0.389 e. The monoisotopic (exact) mass is 296 g/mol. The zero-order chi connectivity index (χ0) is 14.2. The molecule has 1 aromatic heterocycles. The van der Waals surface area contributed by atoms with Crippen molar-refractivity contribution in [1.82, 2.24) is 10.2 Å². The van der Waals surface area contributed by atoms with Crippen molar-refractivity contribution in [2.45, 2.75) is 32.4 Å². The van der Waals surface area contributed by atoms with Gasteiger partial charge in [0.15, 0.2) is 5.82 Å². The highest BCUT2D eigenvalue weighted by molar-refractivity contribution is 8.00. The van der Waals surface area contributed by atoms with E-state index in [-0.39, 0.29) is 4.75 Å². The minimum atomic E-state index is 0.214. The number of anilines is 1. The van der Waals surface area contributed by atoms with Gasteiger partial charge in [-0.2, -0.15) is 16.9 Å². The quantitative estimate of drug-likeness (QED) is 0.843. The van der Waals surface area contributed by atoms with Crippen LogP contribution in [0.15, 0.2) is 0 Å². The maximum absolute atomic E-state index is 5.89. The molecule has 0 atom stereocenters. The van der Waals surface area contributed by atoms with E-state index in [4.69, 9.17) is 18.0 Å². The maximum atomic E-state index is 5.89. The fourth-order valence-electron chi connectivity index (χ4n) is 2.31. The molecule has 1 aromatic rings. The standard InChI is InChI=1S/C13H20N4S2/c1-8-9(2)15-16-12(10(8)11(14)18)17-5-6-19-13(3,4)7-17/h5-7H2,1-4H3,(H2,14,18). The number of nitrogens with two attached hydrogens (primary N) is 1. The molecule has 0 aliphatic carbocycles. The Morgan fingerprint density at radius 1 is 1.37 bits per heavy atom. The molecule has 6 heteroatoms. The fourth-order valence-corrected chi connectivity index (χ4v) is 3.67. The van der Waals surface area contributed by atoms with E-state index < -0.39 is 0 Å². The second-order valence-corrected chi connectivity index (χ2v) is 7.74. The van der Waals surface area contributed by atoms with Gasteiger partial charge in [-0.1, -0.05) is 12.2 Å².